The zero-order valence-corrected chi connectivity index (χ0v) is 11.2. The van der Waals surface area contributed by atoms with Gasteiger partial charge >= 0.3 is 0 Å². The maximum Gasteiger partial charge on any atom is 0.261 e. The fraction of sp³-hybridized carbons (Fsp3) is 0.143. The summed E-state index contributed by atoms with van der Waals surface area (Å²) in [6.45, 7) is 6.11. The fourth-order valence-electron chi connectivity index (χ4n) is 1.48. The molecule has 0 aliphatic rings. The number of nitrogens with zero attached hydrogens (tertiary/aromatic N) is 2. The summed E-state index contributed by atoms with van der Waals surface area (Å²) in [4.78, 5) is 7.44. The Balaban J connectivity index is 2.06. The third kappa shape index (κ3) is 3.45. The summed E-state index contributed by atoms with van der Waals surface area (Å²) in [7, 11) is 0. The first kappa shape index (κ1) is 13.4. The molecule has 0 amide bonds. The van der Waals surface area contributed by atoms with Crippen molar-refractivity contribution in [2.75, 3.05) is 0 Å². The molecule has 2 aromatic rings. The lowest BCUT2D eigenvalue weighted by Gasteiger charge is -2.07. The number of halogens is 1. The first-order valence-electron chi connectivity index (χ1n) is 5.65. The molecule has 0 aliphatic carbocycles. The van der Waals surface area contributed by atoms with E-state index in [1.54, 1.807) is 0 Å². The van der Waals surface area contributed by atoms with Gasteiger partial charge in [0.15, 0.2) is 5.75 Å². The van der Waals surface area contributed by atoms with Crippen molar-refractivity contribution in [3.63, 3.8) is 0 Å². The van der Waals surface area contributed by atoms with Crippen LogP contribution in [0.15, 0.2) is 37.0 Å². The van der Waals surface area contributed by atoms with Crippen molar-refractivity contribution in [1.82, 2.24) is 9.97 Å². The summed E-state index contributed by atoms with van der Waals surface area (Å²) in [6, 6.07) is 7.80. The van der Waals surface area contributed by atoms with Gasteiger partial charge in [-0.1, -0.05) is 36.4 Å². The topological polar surface area (TPSA) is 55.2 Å². The number of ether oxygens (including phenoxy) is 1. The van der Waals surface area contributed by atoms with Crippen LogP contribution < -0.4 is 4.74 Å². The Bertz CT molecular complexity index is 597. The van der Waals surface area contributed by atoms with Crippen molar-refractivity contribution in [2.45, 2.75) is 13.5 Å². The normalized spacial score (nSPS) is 10.2. The molecule has 0 saturated carbocycles. The van der Waals surface area contributed by atoms with Crippen molar-refractivity contribution >= 4 is 17.2 Å². The monoisotopic (exact) mass is 276 g/mol. The van der Waals surface area contributed by atoms with E-state index in [9.17, 15) is 5.11 Å². The van der Waals surface area contributed by atoms with Crippen LogP contribution in [-0.4, -0.2) is 15.1 Å². The molecule has 0 fully saturated rings. The number of aromatic nitrogens is 2. The van der Waals surface area contributed by atoms with Crippen LogP contribution in [0.25, 0.3) is 5.57 Å². The molecule has 2 rings (SSSR count). The predicted molar refractivity (Wildman–Crippen MR) is 74.2 cm³/mol. The number of aromatic hydroxyl groups is 1. The molecule has 1 aromatic carbocycles. The van der Waals surface area contributed by atoms with Crippen molar-refractivity contribution < 1.29 is 9.84 Å². The Morgan fingerprint density at radius 2 is 2.05 bits per heavy atom. The quantitative estimate of drug-likeness (QED) is 0.869. The van der Waals surface area contributed by atoms with Gasteiger partial charge in [-0.2, -0.15) is 4.98 Å². The number of allylic oxidation sites excluding steroid dienone is 1. The van der Waals surface area contributed by atoms with Gasteiger partial charge < -0.3 is 9.84 Å². The Kier molecular flexibility index (Phi) is 4.02. The molecule has 1 N–H and O–H groups in total. The molecule has 0 bridgehead atoms. The molecule has 1 aromatic heterocycles. The summed E-state index contributed by atoms with van der Waals surface area (Å²) in [5.74, 6) is -0.0630. The van der Waals surface area contributed by atoms with E-state index in [2.05, 4.69) is 16.5 Å². The Morgan fingerprint density at radius 3 is 2.68 bits per heavy atom. The van der Waals surface area contributed by atoms with Crippen LogP contribution in [0.3, 0.4) is 0 Å². The van der Waals surface area contributed by atoms with E-state index >= 15 is 0 Å². The lowest BCUT2D eigenvalue weighted by atomic mass is 10.1. The van der Waals surface area contributed by atoms with Gasteiger partial charge in [-0.05, 0) is 29.7 Å². The molecular weight excluding hydrogens is 264 g/mol. The van der Waals surface area contributed by atoms with Crippen LogP contribution in [0, 0.1) is 0 Å². The van der Waals surface area contributed by atoms with Gasteiger partial charge in [0.05, 0.1) is 6.20 Å². The minimum absolute atomic E-state index is 0.0328. The highest BCUT2D eigenvalue weighted by atomic mass is 35.5. The average molecular weight is 277 g/mol. The molecule has 0 spiro atoms. The zero-order valence-electron chi connectivity index (χ0n) is 10.4. The van der Waals surface area contributed by atoms with Gasteiger partial charge in [0.25, 0.3) is 5.88 Å². The van der Waals surface area contributed by atoms with Crippen molar-refractivity contribution in [3.05, 3.63) is 53.5 Å². The molecule has 0 radical (unpaired) electrons. The van der Waals surface area contributed by atoms with E-state index in [-0.39, 0.29) is 23.5 Å². The molecule has 5 heteroatoms. The van der Waals surface area contributed by atoms with E-state index in [1.165, 1.54) is 6.20 Å². The SMILES string of the molecule is C=C(C)c1ccc(COc2nc(Cl)ncc2O)cc1. The van der Waals surface area contributed by atoms with E-state index < -0.39 is 0 Å². The van der Waals surface area contributed by atoms with Crippen molar-refractivity contribution in [1.29, 1.82) is 0 Å². The molecule has 0 unspecified atom stereocenters. The summed E-state index contributed by atoms with van der Waals surface area (Å²) >= 11 is 5.63. The van der Waals surface area contributed by atoms with E-state index in [1.807, 2.05) is 31.2 Å². The van der Waals surface area contributed by atoms with Crippen LogP contribution in [0.2, 0.25) is 5.28 Å². The minimum Gasteiger partial charge on any atom is -0.502 e. The second-order valence-electron chi connectivity index (χ2n) is 4.10. The second kappa shape index (κ2) is 5.71. The molecule has 0 saturated heterocycles. The molecule has 4 nitrogen and oxygen atoms in total. The van der Waals surface area contributed by atoms with Gasteiger partial charge in [0.1, 0.15) is 6.61 Å². The van der Waals surface area contributed by atoms with Gasteiger partial charge in [-0.3, -0.25) is 0 Å². The van der Waals surface area contributed by atoms with Crippen molar-refractivity contribution in [3.8, 4) is 11.6 Å². The summed E-state index contributed by atoms with van der Waals surface area (Å²) in [5, 5.41) is 9.54. The number of benzene rings is 1. The zero-order chi connectivity index (χ0) is 13.8. The number of hydrogen-bond donors (Lipinski definition) is 1. The smallest absolute Gasteiger partial charge is 0.261 e. The van der Waals surface area contributed by atoms with Crippen LogP contribution in [0.5, 0.6) is 11.6 Å². The average Bonchev–Trinajstić information content (AvgIpc) is 2.40. The van der Waals surface area contributed by atoms with Gasteiger partial charge in [-0.25, -0.2) is 4.98 Å². The van der Waals surface area contributed by atoms with E-state index in [0.29, 0.717) is 0 Å². The number of rotatable bonds is 4. The summed E-state index contributed by atoms with van der Waals surface area (Å²) in [6.07, 6.45) is 1.20. The van der Waals surface area contributed by atoms with Crippen molar-refractivity contribution in [2.24, 2.45) is 0 Å². The Hall–Kier alpha value is -2.07. The van der Waals surface area contributed by atoms with Crippen LogP contribution in [0.4, 0.5) is 0 Å². The van der Waals surface area contributed by atoms with E-state index in [0.717, 1.165) is 16.7 Å². The highest BCUT2D eigenvalue weighted by Crippen LogP contribution is 2.24. The highest BCUT2D eigenvalue weighted by Gasteiger charge is 2.06. The van der Waals surface area contributed by atoms with Crippen LogP contribution >= 0.6 is 11.6 Å². The van der Waals surface area contributed by atoms with Gasteiger partial charge in [0.2, 0.25) is 5.28 Å². The van der Waals surface area contributed by atoms with Crippen LogP contribution in [0.1, 0.15) is 18.1 Å². The lowest BCUT2D eigenvalue weighted by Crippen LogP contribution is -1.98. The molecular formula is C14H13ClN2O2. The summed E-state index contributed by atoms with van der Waals surface area (Å²) < 4.78 is 5.40. The fourth-order valence-corrected chi connectivity index (χ4v) is 1.61. The van der Waals surface area contributed by atoms with Gasteiger partial charge in [0, 0.05) is 0 Å². The molecule has 0 atom stereocenters. The lowest BCUT2D eigenvalue weighted by molar-refractivity contribution is 0.275. The number of hydrogen-bond acceptors (Lipinski definition) is 4. The maximum atomic E-state index is 9.51. The molecule has 0 aliphatic heterocycles. The highest BCUT2D eigenvalue weighted by molar-refractivity contribution is 6.28. The Labute approximate surface area is 116 Å². The standard InChI is InChI=1S/C14H13ClN2O2/c1-9(2)11-5-3-10(4-6-11)8-19-13-12(18)7-16-14(15)17-13/h3-7,18H,1,8H2,2H3. The largest absolute Gasteiger partial charge is 0.502 e. The minimum atomic E-state index is -0.136. The maximum absolute atomic E-state index is 9.51. The second-order valence-corrected chi connectivity index (χ2v) is 4.43. The van der Waals surface area contributed by atoms with Crippen LogP contribution in [-0.2, 0) is 6.61 Å². The molecule has 1 heterocycles. The van der Waals surface area contributed by atoms with Gasteiger partial charge in [-0.15, -0.1) is 0 Å². The Morgan fingerprint density at radius 1 is 1.37 bits per heavy atom. The predicted octanol–water partition coefficient (Wildman–Crippen LogP) is 3.45. The first-order valence-corrected chi connectivity index (χ1v) is 6.03. The molecule has 98 valence electrons. The third-order valence-corrected chi connectivity index (χ3v) is 2.71. The van der Waals surface area contributed by atoms with E-state index in [4.69, 9.17) is 16.3 Å². The third-order valence-electron chi connectivity index (χ3n) is 2.53. The summed E-state index contributed by atoms with van der Waals surface area (Å²) in [5.41, 5.74) is 3.04. The molecule has 19 heavy (non-hydrogen) atoms. The first-order chi connectivity index (χ1) is 9.06.